The molecule has 0 bridgehead atoms. The van der Waals surface area contributed by atoms with Gasteiger partial charge in [0.05, 0.1) is 0 Å². The van der Waals surface area contributed by atoms with Crippen molar-refractivity contribution in [2.45, 2.75) is 37.7 Å². The number of ether oxygens (including phenoxy) is 1. The van der Waals surface area contributed by atoms with E-state index in [1.165, 1.54) is 17.0 Å². The van der Waals surface area contributed by atoms with Gasteiger partial charge in [0.2, 0.25) is 0 Å². The van der Waals surface area contributed by atoms with Crippen LogP contribution in [0.1, 0.15) is 24.9 Å². The Hall–Kier alpha value is -1.60. The number of hydrogen-bond acceptors (Lipinski definition) is 4. The fourth-order valence-electron chi connectivity index (χ4n) is 3.58. The smallest absolute Gasteiger partial charge is 0.408 e. The molecule has 2 aliphatic heterocycles. The molecule has 0 N–H and O–H groups in total. The minimum Gasteiger partial charge on any atom is -0.461 e. The number of benzene rings is 1. The van der Waals surface area contributed by atoms with Gasteiger partial charge in [0, 0.05) is 32.6 Å². The van der Waals surface area contributed by atoms with Crippen molar-refractivity contribution in [1.29, 1.82) is 0 Å². The van der Waals surface area contributed by atoms with E-state index >= 15 is 0 Å². The second-order valence-electron chi connectivity index (χ2n) is 6.43. The number of alkyl halides is 3. The Morgan fingerprint density at radius 3 is 2.25 bits per heavy atom. The number of nitrogens with zero attached hydrogens (tertiary/aromatic N) is 2. The lowest BCUT2D eigenvalue weighted by atomic mass is 10.0. The van der Waals surface area contributed by atoms with Crippen molar-refractivity contribution < 1.29 is 22.7 Å². The number of halogens is 3. The molecule has 132 valence electrons. The molecule has 2 aliphatic rings. The van der Waals surface area contributed by atoms with Gasteiger partial charge in [0.25, 0.3) is 0 Å². The quantitative estimate of drug-likeness (QED) is 0.791. The van der Waals surface area contributed by atoms with Gasteiger partial charge in [-0.15, -0.1) is 0 Å². The zero-order valence-electron chi connectivity index (χ0n) is 13.5. The van der Waals surface area contributed by atoms with Gasteiger partial charge in [-0.05, 0) is 12.5 Å². The van der Waals surface area contributed by atoms with Gasteiger partial charge in [0.15, 0.2) is 0 Å². The topological polar surface area (TPSA) is 32.8 Å². The lowest BCUT2D eigenvalue weighted by Crippen LogP contribution is -2.54. The second-order valence-corrected chi connectivity index (χ2v) is 6.43. The third-order valence-electron chi connectivity index (χ3n) is 4.72. The van der Waals surface area contributed by atoms with Crippen molar-refractivity contribution in [1.82, 2.24) is 9.80 Å². The highest BCUT2D eigenvalue weighted by molar-refractivity contribution is 5.78. The molecule has 4 nitrogen and oxygen atoms in total. The molecular formula is C17H21F3N2O2. The van der Waals surface area contributed by atoms with Crippen LogP contribution in [0.4, 0.5) is 13.2 Å². The van der Waals surface area contributed by atoms with E-state index in [4.69, 9.17) is 4.74 Å². The summed E-state index contributed by atoms with van der Waals surface area (Å²) in [6, 6.07) is 6.07. The Bertz CT molecular complexity index is 571. The number of rotatable bonds is 3. The molecule has 0 radical (unpaired) electrons. The number of piperazine rings is 1. The van der Waals surface area contributed by atoms with Crippen LogP contribution in [-0.4, -0.2) is 60.3 Å². The first kappa shape index (κ1) is 17.2. The van der Waals surface area contributed by atoms with E-state index in [0.717, 1.165) is 0 Å². The van der Waals surface area contributed by atoms with Gasteiger partial charge in [-0.2, -0.15) is 13.2 Å². The molecule has 3 unspecified atom stereocenters. The number of esters is 1. The Morgan fingerprint density at radius 1 is 1.12 bits per heavy atom. The van der Waals surface area contributed by atoms with E-state index in [2.05, 4.69) is 0 Å². The van der Waals surface area contributed by atoms with Crippen molar-refractivity contribution in [3.8, 4) is 0 Å². The summed E-state index contributed by atoms with van der Waals surface area (Å²) in [5, 5.41) is 0. The molecule has 7 heteroatoms. The number of cyclic esters (lactones) is 1. The molecule has 0 aromatic heterocycles. The lowest BCUT2D eigenvalue weighted by Gasteiger charge is -2.41. The zero-order valence-corrected chi connectivity index (χ0v) is 13.5. The maximum absolute atomic E-state index is 13.6. The van der Waals surface area contributed by atoms with Crippen molar-refractivity contribution in [2.75, 3.05) is 26.2 Å². The van der Waals surface area contributed by atoms with E-state index in [0.29, 0.717) is 19.5 Å². The Balaban J connectivity index is 1.69. The van der Waals surface area contributed by atoms with Gasteiger partial charge < -0.3 is 4.74 Å². The fourth-order valence-corrected chi connectivity index (χ4v) is 3.58. The third-order valence-corrected chi connectivity index (χ3v) is 4.72. The van der Waals surface area contributed by atoms with Gasteiger partial charge in [-0.1, -0.05) is 30.3 Å². The van der Waals surface area contributed by atoms with Crippen molar-refractivity contribution >= 4 is 5.97 Å². The number of hydrogen-bond donors (Lipinski definition) is 0. The van der Waals surface area contributed by atoms with Crippen LogP contribution in [0.5, 0.6) is 0 Å². The van der Waals surface area contributed by atoms with Crippen LogP contribution in [0.3, 0.4) is 0 Å². The fraction of sp³-hybridized carbons (Fsp3) is 0.588. The van der Waals surface area contributed by atoms with Gasteiger partial charge >= 0.3 is 12.1 Å². The standard InChI is InChI=1S/C17H21F3N2O2/c1-12-11-14(16(23)24-12)21-7-9-22(10-8-21)15(17(18,19)20)13-5-3-2-4-6-13/h2-6,12,14-15H,7-11H2,1H3. The summed E-state index contributed by atoms with van der Waals surface area (Å²) >= 11 is 0. The summed E-state index contributed by atoms with van der Waals surface area (Å²) in [7, 11) is 0. The molecule has 0 spiro atoms. The summed E-state index contributed by atoms with van der Waals surface area (Å²) in [5.41, 5.74) is 0.257. The Morgan fingerprint density at radius 2 is 1.75 bits per heavy atom. The highest BCUT2D eigenvalue weighted by Gasteiger charge is 2.46. The molecule has 3 rings (SSSR count). The summed E-state index contributed by atoms with van der Waals surface area (Å²) in [4.78, 5) is 15.2. The SMILES string of the molecule is CC1CC(N2CCN(C(c3ccccc3)C(F)(F)F)CC2)C(=O)O1. The van der Waals surface area contributed by atoms with Crippen LogP contribution in [0.15, 0.2) is 30.3 Å². The highest BCUT2D eigenvalue weighted by atomic mass is 19.4. The summed E-state index contributed by atoms with van der Waals surface area (Å²) in [6.45, 7) is 3.26. The van der Waals surface area contributed by atoms with Crippen LogP contribution < -0.4 is 0 Å². The van der Waals surface area contributed by atoms with Crippen molar-refractivity contribution in [2.24, 2.45) is 0 Å². The van der Waals surface area contributed by atoms with Crippen molar-refractivity contribution in [3.63, 3.8) is 0 Å². The van der Waals surface area contributed by atoms with Crippen LogP contribution in [0.25, 0.3) is 0 Å². The number of carbonyl (C=O) groups is 1. The average Bonchev–Trinajstić information content (AvgIpc) is 2.86. The van der Waals surface area contributed by atoms with E-state index in [1.54, 1.807) is 18.2 Å². The van der Waals surface area contributed by atoms with Gasteiger partial charge in [-0.25, -0.2) is 0 Å². The largest absolute Gasteiger partial charge is 0.461 e. The summed E-state index contributed by atoms with van der Waals surface area (Å²) < 4.78 is 45.9. The molecule has 2 heterocycles. The lowest BCUT2D eigenvalue weighted by molar-refractivity contribution is -0.191. The molecule has 24 heavy (non-hydrogen) atoms. The summed E-state index contributed by atoms with van der Waals surface area (Å²) in [6.07, 6.45) is -3.84. The molecular weight excluding hydrogens is 321 g/mol. The molecule has 3 atom stereocenters. The number of carbonyl (C=O) groups excluding carboxylic acids is 1. The first-order chi connectivity index (χ1) is 11.4. The molecule has 0 saturated carbocycles. The molecule has 1 aromatic rings. The monoisotopic (exact) mass is 342 g/mol. The van der Waals surface area contributed by atoms with Gasteiger partial charge in [-0.3, -0.25) is 14.6 Å². The van der Waals surface area contributed by atoms with E-state index in [1.807, 2.05) is 11.8 Å². The predicted molar refractivity (Wildman–Crippen MR) is 82.3 cm³/mol. The highest BCUT2D eigenvalue weighted by Crippen LogP contribution is 2.38. The van der Waals surface area contributed by atoms with Crippen LogP contribution in [0, 0.1) is 0 Å². The zero-order chi connectivity index (χ0) is 17.3. The Labute approximate surface area is 139 Å². The molecule has 2 saturated heterocycles. The van der Waals surface area contributed by atoms with Crippen LogP contribution in [-0.2, 0) is 9.53 Å². The van der Waals surface area contributed by atoms with E-state index in [9.17, 15) is 18.0 Å². The normalized spacial score (nSPS) is 27.9. The third kappa shape index (κ3) is 3.57. The minimum atomic E-state index is -4.33. The average molecular weight is 342 g/mol. The second kappa shape index (κ2) is 6.72. The molecule has 1 aromatic carbocycles. The predicted octanol–water partition coefficient (Wildman–Crippen LogP) is 2.61. The minimum absolute atomic E-state index is 0.118. The molecule has 0 aliphatic carbocycles. The molecule has 2 fully saturated rings. The van der Waals surface area contributed by atoms with Crippen LogP contribution in [0.2, 0.25) is 0 Å². The first-order valence-electron chi connectivity index (χ1n) is 8.16. The Kier molecular flexibility index (Phi) is 4.83. The van der Waals surface area contributed by atoms with E-state index < -0.39 is 12.2 Å². The van der Waals surface area contributed by atoms with E-state index in [-0.39, 0.29) is 36.8 Å². The molecule has 0 amide bonds. The first-order valence-corrected chi connectivity index (χ1v) is 8.16. The van der Waals surface area contributed by atoms with Crippen LogP contribution >= 0.6 is 0 Å². The maximum Gasteiger partial charge on any atom is 0.408 e. The van der Waals surface area contributed by atoms with Crippen molar-refractivity contribution in [3.05, 3.63) is 35.9 Å². The maximum atomic E-state index is 13.6. The van der Waals surface area contributed by atoms with Gasteiger partial charge in [0.1, 0.15) is 18.2 Å². The summed E-state index contributed by atoms with van der Waals surface area (Å²) in [5.74, 6) is -0.258.